The van der Waals surface area contributed by atoms with Gasteiger partial charge in [0.05, 0.1) is 18.6 Å². The molecule has 0 spiro atoms. The number of benzene rings is 2. The van der Waals surface area contributed by atoms with Gasteiger partial charge in [-0.3, -0.25) is 4.79 Å². The number of carbonyl (C=O) groups excluding carboxylic acids is 1. The van der Waals surface area contributed by atoms with Crippen LogP contribution in [0, 0.1) is 0 Å². The SMILES string of the molecule is CCOc1cc2c(cc1OCC)CN(C(=O)C1(c3ccccc3)CC1)CC2. The van der Waals surface area contributed by atoms with E-state index in [-0.39, 0.29) is 11.3 Å². The third-order valence-electron chi connectivity index (χ3n) is 5.65. The van der Waals surface area contributed by atoms with Crippen LogP contribution in [0.2, 0.25) is 0 Å². The molecule has 1 heterocycles. The average Bonchev–Trinajstić information content (AvgIpc) is 3.51. The number of carbonyl (C=O) groups is 1. The lowest BCUT2D eigenvalue weighted by atomic mass is 9.92. The van der Waals surface area contributed by atoms with E-state index in [1.165, 1.54) is 11.1 Å². The maximum Gasteiger partial charge on any atom is 0.233 e. The van der Waals surface area contributed by atoms with Gasteiger partial charge < -0.3 is 14.4 Å². The molecule has 4 rings (SSSR count). The summed E-state index contributed by atoms with van der Waals surface area (Å²) in [6.45, 7) is 6.58. The highest BCUT2D eigenvalue weighted by Gasteiger charge is 2.53. The Morgan fingerprint density at radius 3 is 2.22 bits per heavy atom. The predicted molar refractivity (Wildman–Crippen MR) is 105 cm³/mol. The van der Waals surface area contributed by atoms with E-state index in [0.29, 0.717) is 19.8 Å². The summed E-state index contributed by atoms with van der Waals surface area (Å²) in [6, 6.07) is 14.4. The predicted octanol–water partition coefficient (Wildman–Crippen LogP) is 4.10. The van der Waals surface area contributed by atoms with E-state index in [9.17, 15) is 4.79 Å². The quantitative estimate of drug-likeness (QED) is 0.774. The van der Waals surface area contributed by atoms with E-state index in [1.54, 1.807) is 0 Å². The van der Waals surface area contributed by atoms with Gasteiger partial charge in [-0.25, -0.2) is 0 Å². The monoisotopic (exact) mass is 365 g/mol. The van der Waals surface area contributed by atoms with Crippen molar-refractivity contribution in [3.05, 3.63) is 59.2 Å². The van der Waals surface area contributed by atoms with E-state index in [0.717, 1.165) is 42.9 Å². The molecule has 1 fully saturated rings. The number of ether oxygens (including phenoxy) is 2. The number of fused-ring (bicyclic) bond motifs is 1. The third-order valence-corrected chi connectivity index (χ3v) is 5.65. The normalized spacial score (nSPS) is 17.2. The molecule has 1 saturated carbocycles. The first kappa shape index (κ1) is 17.9. The molecule has 0 saturated heterocycles. The molecule has 142 valence electrons. The minimum Gasteiger partial charge on any atom is -0.490 e. The maximum atomic E-state index is 13.3. The Hall–Kier alpha value is -2.49. The average molecular weight is 365 g/mol. The standard InChI is InChI=1S/C23H27NO3/c1-3-26-20-14-17-10-13-24(16-18(17)15-21(20)27-4-2)22(25)23(11-12-23)19-8-6-5-7-9-19/h5-9,14-15H,3-4,10-13,16H2,1-2H3. The molecular formula is C23H27NO3. The Bertz CT molecular complexity index is 827. The van der Waals surface area contributed by atoms with Gasteiger partial charge in [0.2, 0.25) is 5.91 Å². The number of nitrogens with zero attached hydrogens (tertiary/aromatic N) is 1. The van der Waals surface area contributed by atoms with Crippen molar-refractivity contribution in [2.45, 2.75) is 45.1 Å². The van der Waals surface area contributed by atoms with Crippen molar-refractivity contribution >= 4 is 5.91 Å². The molecule has 4 nitrogen and oxygen atoms in total. The van der Waals surface area contributed by atoms with E-state index in [2.05, 4.69) is 24.3 Å². The van der Waals surface area contributed by atoms with Crippen molar-refractivity contribution in [2.24, 2.45) is 0 Å². The highest BCUT2D eigenvalue weighted by molar-refractivity contribution is 5.91. The number of hydrogen-bond donors (Lipinski definition) is 0. The Morgan fingerprint density at radius 1 is 1.00 bits per heavy atom. The van der Waals surface area contributed by atoms with Crippen molar-refractivity contribution in [3.8, 4) is 11.5 Å². The van der Waals surface area contributed by atoms with E-state index in [1.807, 2.05) is 36.9 Å². The smallest absolute Gasteiger partial charge is 0.233 e. The molecule has 1 aliphatic carbocycles. The molecule has 1 aliphatic heterocycles. The largest absolute Gasteiger partial charge is 0.490 e. The van der Waals surface area contributed by atoms with Gasteiger partial charge in [0, 0.05) is 13.1 Å². The Kier molecular flexibility index (Phi) is 4.81. The van der Waals surface area contributed by atoms with Crippen molar-refractivity contribution < 1.29 is 14.3 Å². The van der Waals surface area contributed by atoms with Crippen molar-refractivity contribution in [3.63, 3.8) is 0 Å². The van der Waals surface area contributed by atoms with Gasteiger partial charge in [0.1, 0.15) is 0 Å². The molecule has 2 aromatic carbocycles. The first-order valence-corrected chi connectivity index (χ1v) is 9.94. The van der Waals surface area contributed by atoms with Crippen LogP contribution in [-0.4, -0.2) is 30.6 Å². The number of amides is 1. The van der Waals surface area contributed by atoms with Gasteiger partial charge in [0.25, 0.3) is 0 Å². The van der Waals surface area contributed by atoms with Crippen LogP contribution in [0.5, 0.6) is 11.5 Å². The highest BCUT2D eigenvalue weighted by Crippen LogP contribution is 2.50. The van der Waals surface area contributed by atoms with Gasteiger partial charge >= 0.3 is 0 Å². The topological polar surface area (TPSA) is 38.8 Å². The summed E-state index contributed by atoms with van der Waals surface area (Å²) in [5, 5.41) is 0. The van der Waals surface area contributed by atoms with Gasteiger partial charge in [-0.1, -0.05) is 30.3 Å². The second-order valence-electron chi connectivity index (χ2n) is 7.36. The van der Waals surface area contributed by atoms with E-state index in [4.69, 9.17) is 9.47 Å². The van der Waals surface area contributed by atoms with Crippen LogP contribution in [0.4, 0.5) is 0 Å². The number of hydrogen-bond acceptors (Lipinski definition) is 3. The molecule has 4 heteroatoms. The summed E-state index contributed by atoms with van der Waals surface area (Å²) in [5.74, 6) is 1.85. The summed E-state index contributed by atoms with van der Waals surface area (Å²) < 4.78 is 11.5. The zero-order chi connectivity index (χ0) is 18.9. The van der Waals surface area contributed by atoms with Crippen LogP contribution in [0.3, 0.4) is 0 Å². The Balaban J connectivity index is 1.58. The molecule has 0 unspecified atom stereocenters. The number of rotatable bonds is 6. The second-order valence-corrected chi connectivity index (χ2v) is 7.36. The molecule has 2 aromatic rings. The lowest BCUT2D eigenvalue weighted by Crippen LogP contribution is -2.42. The minimum absolute atomic E-state index is 0.270. The molecule has 2 aliphatic rings. The van der Waals surface area contributed by atoms with E-state index >= 15 is 0 Å². The molecule has 0 bridgehead atoms. The van der Waals surface area contributed by atoms with Crippen LogP contribution in [0.1, 0.15) is 43.4 Å². The molecule has 0 N–H and O–H groups in total. The fourth-order valence-corrected chi connectivity index (χ4v) is 4.08. The van der Waals surface area contributed by atoms with Crippen LogP contribution < -0.4 is 9.47 Å². The maximum absolute atomic E-state index is 13.3. The van der Waals surface area contributed by atoms with Crippen LogP contribution in [0.25, 0.3) is 0 Å². The fourth-order valence-electron chi connectivity index (χ4n) is 4.08. The summed E-state index contributed by atoms with van der Waals surface area (Å²) in [7, 11) is 0. The summed E-state index contributed by atoms with van der Waals surface area (Å²) in [6.07, 6.45) is 2.76. The molecule has 1 amide bonds. The Labute approximate surface area is 161 Å². The zero-order valence-corrected chi connectivity index (χ0v) is 16.2. The molecule has 27 heavy (non-hydrogen) atoms. The van der Waals surface area contributed by atoms with Gasteiger partial charge in [-0.05, 0) is 61.9 Å². The lowest BCUT2D eigenvalue weighted by Gasteiger charge is -2.33. The van der Waals surface area contributed by atoms with Gasteiger partial charge in [-0.15, -0.1) is 0 Å². The first-order valence-electron chi connectivity index (χ1n) is 9.94. The molecular weight excluding hydrogens is 338 g/mol. The van der Waals surface area contributed by atoms with Crippen LogP contribution in [-0.2, 0) is 23.2 Å². The third kappa shape index (κ3) is 3.29. The van der Waals surface area contributed by atoms with Crippen LogP contribution >= 0.6 is 0 Å². The Morgan fingerprint density at radius 2 is 1.63 bits per heavy atom. The highest BCUT2D eigenvalue weighted by atomic mass is 16.5. The fraction of sp³-hybridized carbons (Fsp3) is 0.435. The summed E-state index contributed by atoms with van der Waals surface area (Å²) >= 11 is 0. The second kappa shape index (κ2) is 7.26. The minimum atomic E-state index is -0.299. The van der Waals surface area contributed by atoms with E-state index < -0.39 is 0 Å². The van der Waals surface area contributed by atoms with Crippen molar-refractivity contribution in [1.29, 1.82) is 0 Å². The van der Waals surface area contributed by atoms with Crippen LogP contribution in [0.15, 0.2) is 42.5 Å². The van der Waals surface area contributed by atoms with Gasteiger partial charge in [-0.2, -0.15) is 0 Å². The molecule has 0 aromatic heterocycles. The lowest BCUT2D eigenvalue weighted by molar-refractivity contribution is -0.134. The molecule has 0 radical (unpaired) electrons. The summed E-state index contributed by atoms with van der Waals surface area (Å²) in [4.78, 5) is 15.4. The van der Waals surface area contributed by atoms with Gasteiger partial charge in [0.15, 0.2) is 11.5 Å². The first-order chi connectivity index (χ1) is 13.2. The van der Waals surface area contributed by atoms with Crippen molar-refractivity contribution in [2.75, 3.05) is 19.8 Å². The zero-order valence-electron chi connectivity index (χ0n) is 16.2. The molecule has 0 atom stereocenters. The summed E-state index contributed by atoms with van der Waals surface area (Å²) in [5.41, 5.74) is 3.29. The van der Waals surface area contributed by atoms with Crippen molar-refractivity contribution in [1.82, 2.24) is 4.90 Å².